The lowest BCUT2D eigenvalue weighted by Gasteiger charge is -2.19. The van der Waals surface area contributed by atoms with Gasteiger partial charge in [0.15, 0.2) is 0 Å². The molecule has 1 aromatic rings. The molecule has 0 aliphatic carbocycles. The third-order valence-corrected chi connectivity index (χ3v) is 5.72. The topological polar surface area (TPSA) is 16.1 Å². The first-order valence-electron chi connectivity index (χ1n) is 8.53. The van der Waals surface area contributed by atoms with Crippen LogP contribution in [0, 0.1) is 5.92 Å². The fraction of sp³-hybridized carbons (Fsp3) is 0.824. The lowest BCUT2D eigenvalue weighted by atomic mass is 9.96. The number of thiazole rings is 1. The van der Waals surface area contributed by atoms with E-state index in [2.05, 4.69) is 22.2 Å². The van der Waals surface area contributed by atoms with Gasteiger partial charge in [0.05, 0.1) is 16.6 Å². The Hall–Kier alpha value is -0.120. The van der Waals surface area contributed by atoms with Gasteiger partial charge in [-0.3, -0.25) is 0 Å². The average Bonchev–Trinajstić information content (AvgIpc) is 2.84. The van der Waals surface area contributed by atoms with Crippen LogP contribution in [0.2, 0.25) is 0 Å². The van der Waals surface area contributed by atoms with Crippen LogP contribution < -0.4 is 0 Å². The summed E-state index contributed by atoms with van der Waals surface area (Å²) in [5, 5.41) is 3.34. The van der Waals surface area contributed by atoms with Crippen molar-refractivity contribution in [3.8, 4) is 0 Å². The second kappa shape index (κ2) is 9.81. The number of nitrogens with zero attached hydrogens (tertiary/aromatic N) is 2. The fourth-order valence-electron chi connectivity index (χ4n) is 3.28. The summed E-state index contributed by atoms with van der Waals surface area (Å²) in [5.74, 6) is 1.53. The van der Waals surface area contributed by atoms with E-state index in [0.717, 1.165) is 18.0 Å². The van der Waals surface area contributed by atoms with Crippen molar-refractivity contribution >= 4 is 22.9 Å². The molecule has 1 aliphatic heterocycles. The summed E-state index contributed by atoms with van der Waals surface area (Å²) in [5.41, 5.74) is 1.03. The summed E-state index contributed by atoms with van der Waals surface area (Å²) >= 11 is 7.55. The van der Waals surface area contributed by atoms with Gasteiger partial charge in [-0.05, 0) is 64.1 Å². The number of unbranched alkanes of at least 4 members (excludes halogenated alkanes) is 1. The van der Waals surface area contributed by atoms with Crippen LogP contribution >= 0.6 is 22.9 Å². The zero-order valence-corrected chi connectivity index (χ0v) is 14.9. The maximum Gasteiger partial charge on any atom is 0.0928 e. The molecule has 1 aliphatic rings. The summed E-state index contributed by atoms with van der Waals surface area (Å²) in [4.78, 5) is 7.21. The molecule has 2 rings (SSSR count). The SMILES string of the molecule is CCCC1CCCN(CCCCc2nc(CCl)cs2)CC1. The molecule has 1 aromatic heterocycles. The van der Waals surface area contributed by atoms with Crippen molar-refractivity contribution in [2.24, 2.45) is 5.92 Å². The van der Waals surface area contributed by atoms with Gasteiger partial charge in [-0.25, -0.2) is 4.98 Å². The highest BCUT2D eigenvalue weighted by molar-refractivity contribution is 7.09. The quantitative estimate of drug-likeness (QED) is 0.487. The van der Waals surface area contributed by atoms with Gasteiger partial charge in [0.25, 0.3) is 0 Å². The molecule has 1 saturated heterocycles. The summed E-state index contributed by atoms with van der Waals surface area (Å²) in [6.07, 6.45) is 10.7. The standard InChI is InChI=1S/C17H29ClN2S/c1-2-6-15-7-5-11-20(12-9-15)10-4-3-8-17-19-16(13-18)14-21-17/h14-15H,2-13H2,1H3. The lowest BCUT2D eigenvalue weighted by molar-refractivity contribution is 0.273. The van der Waals surface area contributed by atoms with E-state index in [0.29, 0.717) is 5.88 Å². The van der Waals surface area contributed by atoms with Crippen LogP contribution in [0.4, 0.5) is 0 Å². The molecule has 0 saturated carbocycles. The Morgan fingerprint density at radius 1 is 1.33 bits per heavy atom. The van der Waals surface area contributed by atoms with E-state index >= 15 is 0 Å². The Bertz CT molecular complexity index is 394. The molecule has 1 fully saturated rings. The molecule has 0 N–H and O–H groups in total. The Kier molecular flexibility index (Phi) is 8.05. The minimum atomic E-state index is 0.545. The highest BCUT2D eigenvalue weighted by Gasteiger charge is 2.15. The largest absolute Gasteiger partial charge is 0.303 e. The Morgan fingerprint density at radius 3 is 3.00 bits per heavy atom. The summed E-state index contributed by atoms with van der Waals surface area (Å²) < 4.78 is 0. The van der Waals surface area contributed by atoms with Crippen LogP contribution in [0.3, 0.4) is 0 Å². The maximum absolute atomic E-state index is 5.79. The molecule has 0 amide bonds. The second-order valence-electron chi connectivity index (χ2n) is 6.25. The normalized spacial score (nSPS) is 20.6. The summed E-state index contributed by atoms with van der Waals surface area (Å²) in [6.45, 7) is 6.22. The first-order valence-corrected chi connectivity index (χ1v) is 9.94. The van der Waals surface area contributed by atoms with E-state index in [1.165, 1.54) is 69.6 Å². The fourth-order valence-corrected chi connectivity index (χ4v) is 4.35. The molecular weight excluding hydrogens is 300 g/mol. The number of halogens is 1. The third-order valence-electron chi connectivity index (χ3n) is 4.49. The van der Waals surface area contributed by atoms with Crippen LogP contribution in [0.1, 0.15) is 62.6 Å². The second-order valence-corrected chi connectivity index (χ2v) is 7.46. The molecule has 1 unspecified atom stereocenters. The highest BCUT2D eigenvalue weighted by atomic mass is 35.5. The Balaban J connectivity index is 1.60. The van der Waals surface area contributed by atoms with E-state index < -0.39 is 0 Å². The van der Waals surface area contributed by atoms with Crippen LogP contribution in [-0.2, 0) is 12.3 Å². The van der Waals surface area contributed by atoms with E-state index in [1.807, 2.05) is 0 Å². The predicted octanol–water partition coefficient (Wildman–Crippen LogP) is 5.11. The van der Waals surface area contributed by atoms with Gasteiger partial charge in [0, 0.05) is 5.38 Å². The van der Waals surface area contributed by atoms with Crippen molar-refractivity contribution in [1.29, 1.82) is 0 Å². The molecule has 21 heavy (non-hydrogen) atoms. The number of rotatable bonds is 8. The van der Waals surface area contributed by atoms with Gasteiger partial charge in [0.2, 0.25) is 0 Å². The molecule has 0 radical (unpaired) electrons. The van der Waals surface area contributed by atoms with Gasteiger partial charge in [0.1, 0.15) is 0 Å². The summed E-state index contributed by atoms with van der Waals surface area (Å²) in [7, 11) is 0. The molecule has 2 heterocycles. The Morgan fingerprint density at radius 2 is 2.24 bits per heavy atom. The lowest BCUT2D eigenvalue weighted by Crippen LogP contribution is -2.26. The van der Waals surface area contributed by atoms with Gasteiger partial charge < -0.3 is 4.90 Å². The molecule has 0 bridgehead atoms. The minimum Gasteiger partial charge on any atom is -0.303 e. The molecule has 120 valence electrons. The number of alkyl halides is 1. The van der Waals surface area contributed by atoms with Crippen LogP contribution in [-0.4, -0.2) is 29.5 Å². The van der Waals surface area contributed by atoms with Gasteiger partial charge >= 0.3 is 0 Å². The first kappa shape index (κ1) is 17.2. The molecule has 1 atom stereocenters. The number of hydrogen-bond acceptors (Lipinski definition) is 3. The van der Waals surface area contributed by atoms with E-state index in [9.17, 15) is 0 Å². The number of likely N-dealkylation sites (tertiary alicyclic amines) is 1. The van der Waals surface area contributed by atoms with Crippen molar-refractivity contribution < 1.29 is 0 Å². The molecule has 0 aromatic carbocycles. The van der Waals surface area contributed by atoms with Crippen molar-refractivity contribution in [2.45, 2.75) is 64.2 Å². The zero-order valence-electron chi connectivity index (χ0n) is 13.3. The van der Waals surface area contributed by atoms with E-state index in [1.54, 1.807) is 11.3 Å². The van der Waals surface area contributed by atoms with Crippen molar-refractivity contribution in [3.05, 3.63) is 16.1 Å². The Labute approximate surface area is 138 Å². The monoisotopic (exact) mass is 328 g/mol. The van der Waals surface area contributed by atoms with Crippen LogP contribution in [0.5, 0.6) is 0 Å². The van der Waals surface area contributed by atoms with E-state index in [-0.39, 0.29) is 0 Å². The van der Waals surface area contributed by atoms with Crippen LogP contribution in [0.15, 0.2) is 5.38 Å². The van der Waals surface area contributed by atoms with Crippen LogP contribution in [0.25, 0.3) is 0 Å². The van der Waals surface area contributed by atoms with Crippen molar-refractivity contribution in [1.82, 2.24) is 9.88 Å². The number of hydrogen-bond donors (Lipinski definition) is 0. The summed E-state index contributed by atoms with van der Waals surface area (Å²) in [6, 6.07) is 0. The maximum atomic E-state index is 5.79. The first-order chi connectivity index (χ1) is 10.3. The minimum absolute atomic E-state index is 0.545. The zero-order chi connectivity index (χ0) is 14.9. The van der Waals surface area contributed by atoms with Crippen molar-refractivity contribution in [3.63, 3.8) is 0 Å². The van der Waals surface area contributed by atoms with Crippen molar-refractivity contribution in [2.75, 3.05) is 19.6 Å². The van der Waals surface area contributed by atoms with Gasteiger partial charge in [-0.2, -0.15) is 0 Å². The molecule has 4 heteroatoms. The molecule has 2 nitrogen and oxygen atoms in total. The third kappa shape index (κ3) is 6.25. The molecular formula is C17H29ClN2S. The number of aryl methyl sites for hydroxylation is 1. The smallest absolute Gasteiger partial charge is 0.0928 e. The highest BCUT2D eigenvalue weighted by Crippen LogP contribution is 2.22. The average molecular weight is 329 g/mol. The number of aromatic nitrogens is 1. The van der Waals surface area contributed by atoms with Gasteiger partial charge in [-0.1, -0.05) is 19.8 Å². The van der Waals surface area contributed by atoms with Gasteiger partial charge in [-0.15, -0.1) is 22.9 Å². The predicted molar refractivity (Wildman–Crippen MR) is 93.3 cm³/mol. The van der Waals surface area contributed by atoms with E-state index in [4.69, 9.17) is 11.6 Å². The molecule has 0 spiro atoms.